The summed E-state index contributed by atoms with van der Waals surface area (Å²) in [5.74, 6) is 5.21. The molecule has 1 aromatic rings. The number of hydrogen-bond donors (Lipinski definition) is 1. The number of nitrogens with zero attached hydrogens (tertiary/aromatic N) is 2. The maximum Gasteiger partial charge on any atom is 0.274 e. The van der Waals surface area contributed by atoms with Crippen molar-refractivity contribution in [1.82, 2.24) is 9.88 Å². The summed E-state index contributed by atoms with van der Waals surface area (Å²) >= 11 is 0. The highest BCUT2D eigenvalue weighted by atomic mass is 16.5. The minimum atomic E-state index is -0.238. The van der Waals surface area contributed by atoms with Crippen molar-refractivity contribution >= 4 is 5.91 Å². The van der Waals surface area contributed by atoms with E-state index in [4.69, 9.17) is 9.84 Å². The van der Waals surface area contributed by atoms with Gasteiger partial charge in [0, 0.05) is 25.9 Å². The number of pyridine rings is 1. The molecule has 1 N–H and O–H groups in total. The van der Waals surface area contributed by atoms with Gasteiger partial charge in [0.05, 0.1) is 12.2 Å². The smallest absolute Gasteiger partial charge is 0.274 e. The first-order valence-corrected chi connectivity index (χ1v) is 6.62. The summed E-state index contributed by atoms with van der Waals surface area (Å²) in [5, 5.41) is 8.77. The summed E-state index contributed by atoms with van der Waals surface area (Å²) in [6.07, 6.45) is 3.64. The van der Waals surface area contributed by atoms with Gasteiger partial charge in [-0.3, -0.25) is 4.79 Å². The Labute approximate surface area is 118 Å². The average molecular weight is 274 g/mol. The summed E-state index contributed by atoms with van der Waals surface area (Å²) in [7, 11) is 1.62. The monoisotopic (exact) mass is 274 g/mol. The van der Waals surface area contributed by atoms with Gasteiger partial charge >= 0.3 is 0 Å². The molecule has 0 aromatic carbocycles. The maximum absolute atomic E-state index is 12.6. The quantitative estimate of drug-likeness (QED) is 0.802. The highest BCUT2D eigenvalue weighted by Gasteiger charge is 2.33. The Morgan fingerprint density at radius 3 is 3.05 bits per heavy atom. The minimum absolute atomic E-state index is 0.118. The maximum atomic E-state index is 12.6. The zero-order valence-electron chi connectivity index (χ0n) is 11.5. The number of hydrogen-bond acceptors (Lipinski definition) is 4. The molecule has 20 heavy (non-hydrogen) atoms. The predicted molar refractivity (Wildman–Crippen MR) is 74.1 cm³/mol. The van der Waals surface area contributed by atoms with Gasteiger partial charge in [-0.2, -0.15) is 0 Å². The lowest BCUT2D eigenvalue weighted by Gasteiger charge is -2.22. The van der Waals surface area contributed by atoms with E-state index in [1.54, 1.807) is 30.3 Å². The van der Waals surface area contributed by atoms with Crippen molar-refractivity contribution < 1.29 is 14.6 Å². The SMILES string of the molecule is COCCN(C(=O)c1ncccc1C#CCO)C1CC1. The molecule has 2 rings (SSSR count). The molecule has 0 spiro atoms. The summed E-state index contributed by atoms with van der Waals surface area (Å²) in [6.45, 7) is 0.828. The van der Waals surface area contributed by atoms with E-state index in [9.17, 15) is 4.79 Å². The summed E-state index contributed by atoms with van der Waals surface area (Å²) in [5.41, 5.74) is 0.895. The van der Waals surface area contributed by atoms with Crippen LogP contribution in [0.5, 0.6) is 0 Å². The van der Waals surface area contributed by atoms with Gasteiger partial charge in [-0.05, 0) is 25.0 Å². The lowest BCUT2D eigenvalue weighted by atomic mass is 10.1. The molecule has 1 aliphatic carbocycles. The van der Waals surface area contributed by atoms with Crippen molar-refractivity contribution in [3.05, 3.63) is 29.6 Å². The van der Waals surface area contributed by atoms with Gasteiger partial charge in [0.25, 0.3) is 5.91 Å². The van der Waals surface area contributed by atoms with E-state index in [1.807, 2.05) is 0 Å². The second-order valence-electron chi connectivity index (χ2n) is 4.58. The van der Waals surface area contributed by atoms with E-state index < -0.39 is 0 Å². The fourth-order valence-electron chi connectivity index (χ4n) is 1.97. The molecule has 1 saturated carbocycles. The molecule has 5 nitrogen and oxygen atoms in total. The van der Waals surface area contributed by atoms with Crippen molar-refractivity contribution in [2.75, 3.05) is 26.9 Å². The van der Waals surface area contributed by atoms with Crippen LogP contribution in [-0.4, -0.2) is 53.8 Å². The standard InChI is InChI=1S/C15H18N2O3/c1-20-11-9-17(13-6-7-13)15(19)14-12(5-3-10-18)4-2-8-16-14/h2,4,8,13,18H,6-7,9-11H2,1H3. The zero-order chi connectivity index (χ0) is 14.4. The molecule has 0 saturated heterocycles. The van der Waals surface area contributed by atoms with Crippen molar-refractivity contribution in [2.24, 2.45) is 0 Å². The van der Waals surface area contributed by atoms with Gasteiger partial charge in [-0.15, -0.1) is 0 Å². The Morgan fingerprint density at radius 1 is 1.60 bits per heavy atom. The molecular weight excluding hydrogens is 256 g/mol. The van der Waals surface area contributed by atoms with Gasteiger partial charge < -0.3 is 14.7 Å². The van der Waals surface area contributed by atoms with Crippen LogP contribution >= 0.6 is 0 Å². The molecule has 0 aliphatic heterocycles. The number of ether oxygens (including phenoxy) is 1. The fraction of sp³-hybridized carbons (Fsp3) is 0.467. The van der Waals surface area contributed by atoms with Gasteiger partial charge in [0.15, 0.2) is 0 Å². The second-order valence-corrected chi connectivity index (χ2v) is 4.58. The van der Waals surface area contributed by atoms with Crippen LogP contribution in [0.4, 0.5) is 0 Å². The Hall–Kier alpha value is -1.90. The molecule has 1 fully saturated rings. The highest BCUT2D eigenvalue weighted by Crippen LogP contribution is 2.28. The van der Waals surface area contributed by atoms with Crippen LogP contribution in [0.1, 0.15) is 28.9 Å². The van der Waals surface area contributed by atoms with E-state index in [0.717, 1.165) is 12.8 Å². The normalized spacial score (nSPS) is 13.5. The van der Waals surface area contributed by atoms with E-state index >= 15 is 0 Å². The molecule has 0 unspecified atom stereocenters. The third kappa shape index (κ3) is 3.56. The minimum Gasteiger partial charge on any atom is -0.384 e. The summed E-state index contributed by atoms with van der Waals surface area (Å²) in [4.78, 5) is 18.5. The molecular formula is C15H18N2O3. The second kappa shape index (κ2) is 7.04. The van der Waals surface area contributed by atoms with E-state index in [2.05, 4.69) is 16.8 Å². The molecule has 1 aromatic heterocycles. The van der Waals surface area contributed by atoms with Crippen molar-refractivity contribution in [2.45, 2.75) is 18.9 Å². The zero-order valence-corrected chi connectivity index (χ0v) is 11.5. The number of carbonyl (C=O) groups is 1. The number of aliphatic hydroxyl groups is 1. The van der Waals surface area contributed by atoms with E-state index in [-0.39, 0.29) is 12.5 Å². The lowest BCUT2D eigenvalue weighted by Crippen LogP contribution is -2.36. The molecule has 5 heteroatoms. The first-order valence-electron chi connectivity index (χ1n) is 6.62. The molecule has 106 valence electrons. The first-order chi connectivity index (χ1) is 9.77. The fourth-order valence-corrected chi connectivity index (χ4v) is 1.97. The lowest BCUT2D eigenvalue weighted by molar-refractivity contribution is 0.0674. The number of carbonyl (C=O) groups excluding carboxylic acids is 1. The number of methoxy groups -OCH3 is 1. The van der Waals surface area contributed by atoms with E-state index in [0.29, 0.717) is 30.5 Å². The van der Waals surface area contributed by atoms with Gasteiger partial charge in [0.1, 0.15) is 12.3 Å². The van der Waals surface area contributed by atoms with Gasteiger partial charge in [0.2, 0.25) is 0 Å². The van der Waals surface area contributed by atoms with Crippen LogP contribution < -0.4 is 0 Å². The van der Waals surface area contributed by atoms with Crippen molar-refractivity contribution in [1.29, 1.82) is 0 Å². The van der Waals surface area contributed by atoms with Crippen LogP contribution in [0.2, 0.25) is 0 Å². The summed E-state index contributed by atoms with van der Waals surface area (Å²) in [6, 6.07) is 3.76. The summed E-state index contributed by atoms with van der Waals surface area (Å²) < 4.78 is 5.06. The number of amides is 1. The number of aliphatic hydroxyl groups excluding tert-OH is 1. The van der Waals surface area contributed by atoms with Crippen LogP contribution in [0.25, 0.3) is 0 Å². The van der Waals surface area contributed by atoms with Gasteiger partial charge in [-0.25, -0.2) is 4.98 Å². The van der Waals surface area contributed by atoms with Crippen LogP contribution in [0.3, 0.4) is 0 Å². The Balaban J connectivity index is 2.22. The molecule has 0 atom stereocenters. The molecule has 1 aliphatic rings. The van der Waals surface area contributed by atoms with Gasteiger partial charge in [-0.1, -0.05) is 11.8 Å². The Morgan fingerprint density at radius 2 is 2.40 bits per heavy atom. The largest absolute Gasteiger partial charge is 0.384 e. The average Bonchev–Trinajstić information content (AvgIpc) is 3.30. The topological polar surface area (TPSA) is 62.7 Å². The molecule has 1 heterocycles. The molecule has 0 bridgehead atoms. The Bertz CT molecular complexity index is 529. The third-order valence-electron chi connectivity index (χ3n) is 3.10. The van der Waals surface area contributed by atoms with Crippen molar-refractivity contribution in [3.8, 4) is 11.8 Å². The van der Waals surface area contributed by atoms with E-state index in [1.165, 1.54) is 0 Å². The number of rotatable bonds is 5. The third-order valence-corrected chi connectivity index (χ3v) is 3.10. The predicted octanol–water partition coefficient (Wildman–Crippen LogP) is 0.676. The highest BCUT2D eigenvalue weighted by molar-refractivity contribution is 5.95. The van der Waals surface area contributed by atoms with Crippen LogP contribution in [0, 0.1) is 11.8 Å². The molecule has 1 amide bonds. The van der Waals surface area contributed by atoms with Crippen LogP contribution in [0.15, 0.2) is 18.3 Å². The van der Waals surface area contributed by atoms with Crippen LogP contribution in [-0.2, 0) is 4.74 Å². The first kappa shape index (κ1) is 14.5. The molecule has 0 radical (unpaired) electrons. The number of aromatic nitrogens is 1. The Kier molecular flexibility index (Phi) is 5.10. The van der Waals surface area contributed by atoms with Crippen molar-refractivity contribution in [3.63, 3.8) is 0 Å².